The van der Waals surface area contributed by atoms with Crippen LogP contribution in [0.1, 0.15) is 43.0 Å². The molecule has 0 spiro atoms. The minimum Gasteiger partial charge on any atom is -0.493 e. The van der Waals surface area contributed by atoms with Gasteiger partial charge in [-0.3, -0.25) is 14.9 Å². The first-order valence-electron chi connectivity index (χ1n) is 8.29. The first-order valence-corrected chi connectivity index (χ1v) is 8.29. The Hall–Kier alpha value is -2.84. The van der Waals surface area contributed by atoms with Crippen LogP contribution in [0.4, 0.5) is 5.69 Å². The van der Waals surface area contributed by atoms with E-state index in [2.05, 4.69) is 5.32 Å². The standard InChI is InChI=1S/C17H22N2O7/c1-10(16(20)18-11-6-4-5-7-11)26-17(21)12-8-14(24-2)15(25-3)9-13(12)19(22)23/h8-11H,4-7H2,1-3H3,(H,18,20)/t10-/m1/s1. The normalized spacial score (nSPS) is 15.2. The molecule has 0 unspecified atom stereocenters. The molecule has 1 N–H and O–H groups in total. The lowest BCUT2D eigenvalue weighted by molar-refractivity contribution is -0.385. The average Bonchev–Trinajstić information content (AvgIpc) is 3.13. The summed E-state index contributed by atoms with van der Waals surface area (Å²) >= 11 is 0. The van der Waals surface area contributed by atoms with Gasteiger partial charge in [0.25, 0.3) is 11.6 Å². The molecule has 142 valence electrons. The summed E-state index contributed by atoms with van der Waals surface area (Å²) in [5.41, 5.74) is -0.802. The van der Waals surface area contributed by atoms with Gasteiger partial charge in [0.1, 0.15) is 5.56 Å². The lowest BCUT2D eigenvalue weighted by atomic mass is 10.1. The molecule has 0 saturated heterocycles. The van der Waals surface area contributed by atoms with Crippen LogP contribution in [0.25, 0.3) is 0 Å². The molecule has 1 aliphatic carbocycles. The predicted molar refractivity (Wildman–Crippen MR) is 91.5 cm³/mol. The largest absolute Gasteiger partial charge is 0.493 e. The second-order valence-electron chi connectivity index (χ2n) is 6.02. The topological polar surface area (TPSA) is 117 Å². The zero-order valence-corrected chi connectivity index (χ0v) is 14.9. The number of carbonyl (C=O) groups excluding carboxylic acids is 2. The van der Waals surface area contributed by atoms with Gasteiger partial charge in [-0.15, -0.1) is 0 Å². The Morgan fingerprint density at radius 3 is 2.31 bits per heavy atom. The van der Waals surface area contributed by atoms with Crippen molar-refractivity contribution in [1.82, 2.24) is 5.32 Å². The summed E-state index contributed by atoms with van der Waals surface area (Å²) in [6.07, 6.45) is 2.82. The average molecular weight is 366 g/mol. The Bertz CT molecular complexity index is 699. The van der Waals surface area contributed by atoms with E-state index in [0.29, 0.717) is 0 Å². The summed E-state index contributed by atoms with van der Waals surface area (Å²) < 4.78 is 15.2. The lowest BCUT2D eigenvalue weighted by Crippen LogP contribution is -2.40. The molecule has 1 saturated carbocycles. The fraction of sp³-hybridized carbons (Fsp3) is 0.529. The summed E-state index contributed by atoms with van der Waals surface area (Å²) in [6.45, 7) is 1.43. The van der Waals surface area contributed by atoms with Crippen LogP contribution < -0.4 is 14.8 Å². The minimum atomic E-state index is -1.07. The molecule has 2 rings (SSSR count). The van der Waals surface area contributed by atoms with Gasteiger partial charge in [0.15, 0.2) is 17.6 Å². The number of ether oxygens (including phenoxy) is 3. The van der Waals surface area contributed by atoms with Crippen molar-refractivity contribution in [2.24, 2.45) is 0 Å². The number of nitrogens with one attached hydrogen (secondary N) is 1. The maximum atomic E-state index is 12.4. The van der Waals surface area contributed by atoms with Gasteiger partial charge >= 0.3 is 5.97 Å². The summed E-state index contributed by atoms with van der Waals surface area (Å²) in [6, 6.07) is 2.33. The van der Waals surface area contributed by atoms with E-state index in [1.165, 1.54) is 27.2 Å². The number of nitro benzene ring substituents is 1. The molecule has 26 heavy (non-hydrogen) atoms. The van der Waals surface area contributed by atoms with Gasteiger partial charge in [-0.25, -0.2) is 4.79 Å². The third-order valence-electron chi connectivity index (χ3n) is 4.27. The van der Waals surface area contributed by atoms with Crippen LogP contribution in [0.15, 0.2) is 12.1 Å². The number of rotatable bonds is 7. The van der Waals surface area contributed by atoms with Gasteiger partial charge in [0.05, 0.1) is 25.2 Å². The van der Waals surface area contributed by atoms with Crippen LogP contribution >= 0.6 is 0 Å². The Labute approximate surface area is 150 Å². The molecule has 1 aromatic carbocycles. The maximum Gasteiger partial charge on any atom is 0.346 e. The van der Waals surface area contributed by atoms with Crippen LogP contribution in [-0.4, -0.2) is 43.2 Å². The highest BCUT2D eigenvalue weighted by molar-refractivity contribution is 5.96. The maximum absolute atomic E-state index is 12.4. The Morgan fingerprint density at radius 1 is 1.19 bits per heavy atom. The zero-order chi connectivity index (χ0) is 19.3. The van der Waals surface area contributed by atoms with Gasteiger partial charge in [-0.1, -0.05) is 12.8 Å². The van der Waals surface area contributed by atoms with Crippen LogP contribution in [0.5, 0.6) is 11.5 Å². The van der Waals surface area contributed by atoms with Crippen molar-refractivity contribution >= 4 is 17.6 Å². The number of nitro groups is 1. The molecule has 0 aliphatic heterocycles. The van der Waals surface area contributed by atoms with Crippen LogP contribution in [0.3, 0.4) is 0 Å². The van der Waals surface area contributed by atoms with E-state index in [-0.39, 0.29) is 23.1 Å². The number of hydrogen-bond donors (Lipinski definition) is 1. The Kier molecular flexibility index (Phi) is 6.37. The van der Waals surface area contributed by atoms with Gasteiger partial charge in [0.2, 0.25) is 0 Å². The van der Waals surface area contributed by atoms with Crippen LogP contribution in [0, 0.1) is 10.1 Å². The molecule has 1 aliphatic rings. The number of carbonyl (C=O) groups is 2. The number of methoxy groups -OCH3 is 2. The van der Waals surface area contributed by atoms with Crippen molar-refractivity contribution in [2.45, 2.75) is 44.8 Å². The van der Waals surface area contributed by atoms with Crippen molar-refractivity contribution in [1.29, 1.82) is 0 Å². The van der Waals surface area contributed by atoms with Crippen molar-refractivity contribution in [3.8, 4) is 11.5 Å². The zero-order valence-electron chi connectivity index (χ0n) is 14.9. The molecular weight excluding hydrogens is 344 g/mol. The van der Waals surface area contributed by atoms with E-state index in [0.717, 1.165) is 31.7 Å². The fourth-order valence-corrected chi connectivity index (χ4v) is 2.85. The summed E-state index contributed by atoms with van der Waals surface area (Å²) in [4.78, 5) is 35.1. The molecule has 1 aromatic rings. The number of hydrogen-bond acceptors (Lipinski definition) is 7. The Morgan fingerprint density at radius 2 is 1.77 bits per heavy atom. The van der Waals surface area contributed by atoms with E-state index in [9.17, 15) is 19.7 Å². The third kappa shape index (κ3) is 4.41. The van der Waals surface area contributed by atoms with Crippen LogP contribution in [-0.2, 0) is 9.53 Å². The molecule has 1 fully saturated rings. The highest BCUT2D eigenvalue weighted by Crippen LogP contribution is 2.35. The number of benzene rings is 1. The summed E-state index contributed by atoms with van der Waals surface area (Å²) in [7, 11) is 2.67. The molecule has 9 nitrogen and oxygen atoms in total. The second kappa shape index (κ2) is 8.50. The monoisotopic (exact) mass is 366 g/mol. The SMILES string of the molecule is COc1cc(C(=O)O[C@H](C)C(=O)NC2CCCC2)c([N+](=O)[O-])cc1OC. The molecular formula is C17H22N2O7. The van der Waals surface area contributed by atoms with E-state index >= 15 is 0 Å². The second-order valence-corrected chi connectivity index (χ2v) is 6.02. The summed E-state index contributed by atoms with van der Waals surface area (Å²) in [5.74, 6) is -1.14. The highest BCUT2D eigenvalue weighted by atomic mass is 16.6. The van der Waals surface area contributed by atoms with Gasteiger partial charge in [-0.2, -0.15) is 0 Å². The molecule has 0 heterocycles. The number of esters is 1. The van der Waals surface area contributed by atoms with E-state index < -0.39 is 28.6 Å². The molecule has 1 amide bonds. The molecule has 9 heteroatoms. The minimum absolute atomic E-state index is 0.0825. The highest BCUT2D eigenvalue weighted by Gasteiger charge is 2.29. The van der Waals surface area contributed by atoms with E-state index in [1.807, 2.05) is 0 Å². The molecule has 0 radical (unpaired) electrons. The molecule has 0 bridgehead atoms. The molecule has 1 atom stereocenters. The number of nitrogens with zero attached hydrogens (tertiary/aromatic N) is 1. The van der Waals surface area contributed by atoms with Crippen molar-refractivity contribution in [2.75, 3.05) is 14.2 Å². The van der Waals surface area contributed by atoms with Gasteiger partial charge < -0.3 is 19.5 Å². The molecule has 0 aromatic heterocycles. The smallest absolute Gasteiger partial charge is 0.346 e. The first-order chi connectivity index (χ1) is 12.4. The van der Waals surface area contributed by atoms with Gasteiger partial charge in [0, 0.05) is 12.1 Å². The lowest BCUT2D eigenvalue weighted by Gasteiger charge is -2.17. The van der Waals surface area contributed by atoms with Crippen molar-refractivity contribution < 1.29 is 28.7 Å². The first kappa shape index (κ1) is 19.5. The third-order valence-corrected chi connectivity index (χ3v) is 4.27. The predicted octanol–water partition coefficient (Wildman–Crippen LogP) is 2.22. The van der Waals surface area contributed by atoms with Crippen molar-refractivity contribution in [3.05, 3.63) is 27.8 Å². The van der Waals surface area contributed by atoms with Gasteiger partial charge in [-0.05, 0) is 19.8 Å². The summed E-state index contributed by atoms with van der Waals surface area (Å²) in [5, 5.41) is 14.1. The van der Waals surface area contributed by atoms with Crippen molar-refractivity contribution in [3.63, 3.8) is 0 Å². The van der Waals surface area contributed by atoms with Crippen LogP contribution in [0.2, 0.25) is 0 Å². The number of amides is 1. The fourth-order valence-electron chi connectivity index (χ4n) is 2.85. The van der Waals surface area contributed by atoms with E-state index in [4.69, 9.17) is 14.2 Å². The van der Waals surface area contributed by atoms with E-state index in [1.54, 1.807) is 0 Å². The quantitative estimate of drug-likeness (QED) is 0.446. The Balaban J connectivity index is 2.16.